The fraction of sp³-hybridized carbons (Fsp3) is 0.263. The number of rotatable bonds is 2. The topological polar surface area (TPSA) is 59.9 Å². The van der Waals surface area contributed by atoms with Gasteiger partial charge in [0.05, 0.1) is 18.9 Å². The first-order chi connectivity index (χ1) is 11.7. The molecule has 2 heterocycles. The molecule has 2 aliphatic heterocycles. The molecular weight excluding hydrogens is 304 g/mol. The van der Waals surface area contributed by atoms with Crippen molar-refractivity contribution in [2.75, 3.05) is 13.1 Å². The van der Waals surface area contributed by atoms with E-state index in [-0.39, 0.29) is 12.1 Å². The number of amidine groups is 1. The maximum absolute atomic E-state index is 12.9. The number of aliphatic imine (C=N–C) groups is 1. The van der Waals surface area contributed by atoms with Crippen LogP contribution in [0.25, 0.3) is 0 Å². The van der Waals surface area contributed by atoms with Gasteiger partial charge in [-0.1, -0.05) is 36.4 Å². The molecule has 0 bridgehead atoms. The predicted octanol–water partition coefficient (Wildman–Crippen LogP) is 2.86. The van der Waals surface area contributed by atoms with Crippen LogP contribution in [0.2, 0.25) is 0 Å². The normalized spacial score (nSPS) is 19.2. The van der Waals surface area contributed by atoms with Crippen molar-refractivity contribution in [2.45, 2.75) is 18.9 Å². The van der Waals surface area contributed by atoms with Crippen LogP contribution in [0.15, 0.2) is 53.5 Å². The summed E-state index contributed by atoms with van der Waals surface area (Å²) in [7, 11) is 0. The molecule has 5 nitrogen and oxygen atoms in total. The van der Waals surface area contributed by atoms with E-state index < -0.39 is 5.92 Å². The molecule has 24 heavy (non-hydrogen) atoms. The average molecular weight is 322 g/mol. The number of nitrogens with one attached hydrogen (secondary N) is 1. The molecule has 0 fully saturated rings. The Bertz CT molecular complexity index is 770. The van der Waals surface area contributed by atoms with E-state index in [9.17, 15) is 4.79 Å². The maximum atomic E-state index is 12.9. The standard InChI is InChI=1S/C19H18N2O3/c1-12-20-10-13(11-21-12)23-19(22)18-14-6-2-4-8-16(14)24-17-9-5-3-7-15(17)18/h2-9,13,18H,10-11H2,1H3,(H,20,21). The zero-order valence-electron chi connectivity index (χ0n) is 13.4. The van der Waals surface area contributed by atoms with Crippen LogP contribution in [-0.4, -0.2) is 31.0 Å². The maximum Gasteiger partial charge on any atom is 0.318 e. The number of hydrogen-bond acceptors (Lipinski definition) is 5. The summed E-state index contributed by atoms with van der Waals surface area (Å²) < 4.78 is 11.6. The smallest absolute Gasteiger partial charge is 0.318 e. The third-order valence-electron chi connectivity index (χ3n) is 4.32. The molecule has 2 aliphatic rings. The van der Waals surface area contributed by atoms with E-state index in [2.05, 4.69) is 10.3 Å². The van der Waals surface area contributed by atoms with Gasteiger partial charge in [-0.25, -0.2) is 0 Å². The first-order valence-electron chi connectivity index (χ1n) is 8.03. The van der Waals surface area contributed by atoms with Crippen LogP contribution < -0.4 is 10.1 Å². The number of esters is 1. The summed E-state index contributed by atoms with van der Waals surface area (Å²) in [6.45, 7) is 2.99. The Labute approximate surface area is 140 Å². The second-order valence-electron chi connectivity index (χ2n) is 5.98. The Morgan fingerprint density at radius 3 is 2.33 bits per heavy atom. The number of para-hydroxylation sites is 2. The summed E-state index contributed by atoms with van der Waals surface area (Å²) in [6.07, 6.45) is -0.247. The minimum Gasteiger partial charge on any atom is -0.458 e. The van der Waals surface area contributed by atoms with Crippen LogP contribution in [0, 0.1) is 0 Å². The largest absolute Gasteiger partial charge is 0.458 e. The molecule has 2 aromatic rings. The van der Waals surface area contributed by atoms with Crippen molar-refractivity contribution in [1.82, 2.24) is 5.32 Å². The lowest BCUT2D eigenvalue weighted by Crippen LogP contribution is -2.41. The number of fused-ring (bicyclic) bond motifs is 2. The summed E-state index contributed by atoms with van der Waals surface area (Å²) in [4.78, 5) is 17.2. The number of benzene rings is 2. The Balaban J connectivity index is 1.65. The molecule has 0 radical (unpaired) electrons. The van der Waals surface area contributed by atoms with Gasteiger partial charge in [0.2, 0.25) is 0 Å². The van der Waals surface area contributed by atoms with Crippen LogP contribution >= 0.6 is 0 Å². The fourth-order valence-corrected chi connectivity index (χ4v) is 3.10. The molecule has 0 saturated carbocycles. The molecular formula is C19H18N2O3. The molecule has 0 aromatic heterocycles. The lowest BCUT2D eigenvalue weighted by atomic mass is 9.88. The van der Waals surface area contributed by atoms with E-state index in [0.717, 1.165) is 17.0 Å². The summed E-state index contributed by atoms with van der Waals surface area (Å²) in [5.41, 5.74) is 1.68. The van der Waals surface area contributed by atoms with Crippen LogP contribution in [0.4, 0.5) is 0 Å². The molecule has 1 N–H and O–H groups in total. The highest BCUT2D eigenvalue weighted by molar-refractivity contribution is 5.86. The number of carbonyl (C=O) groups is 1. The van der Waals surface area contributed by atoms with Gasteiger partial charge >= 0.3 is 5.97 Å². The summed E-state index contributed by atoms with van der Waals surface area (Å²) in [6, 6.07) is 15.2. The minimum atomic E-state index is -0.474. The Morgan fingerprint density at radius 2 is 1.75 bits per heavy atom. The average Bonchev–Trinajstić information content (AvgIpc) is 2.61. The van der Waals surface area contributed by atoms with Gasteiger partial charge in [0.25, 0.3) is 0 Å². The number of hydrogen-bond donors (Lipinski definition) is 1. The van der Waals surface area contributed by atoms with E-state index in [0.29, 0.717) is 24.6 Å². The molecule has 1 unspecified atom stereocenters. The second kappa shape index (κ2) is 6.00. The third-order valence-corrected chi connectivity index (χ3v) is 4.32. The van der Waals surface area contributed by atoms with Crippen molar-refractivity contribution >= 4 is 11.8 Å². The van der Waals surface area contributed by atoms with Gasteiger partial charge in [-0.05, 0) is 19.1 Å². The van der Waals surface area contributed by atoms with Gasteiger partial charge in [0, 0.05) is 11.1 Å². The third kappa shape index (κ3) is 2.62. The van der Waals surface area contributed by atoms with Gasteiger partial charge in [-0.15, -0.1) is 0 Å². The van der Waals surface area contributed by atoms with Gasteiger partial charge < -0.3 is 14.8 Å². The van der Waals surface area contributed by atoms with Crippen molar-refractivity contribution in [3.05, 3.63) is 59.7 Å². The van der Waals surface area contributed by atoms with Gasteiger partial charge in [0.15, 0.2) is 0 Å². The minimum absolute atomic E-state index is 0.247. The van der Waals surface area contributed by atoms with Crippen LogP contribution in [0.3, 0.4) is 0 Å². The second-order valence-corrected chi connectivity index (χ2v) is 5.98. The summed E-state index contributed by atoms with van der Waals surface area (Å²) in [5.74, 6) is 1.55. The molecule has 2 aromatic carbocycles. The zero-order valence-corrected chi connectivity index (χ0v) is 13.4. The number of nitrogens with zero attached hydrogens (tertiary/aromatic N) is 1. The molecule has 122 valence electrons. The molecule has 0 saturated heterocycles. The summed E-state index contributed by atoms with van der Waals surface area (Å²) in [5, 5.41) is 3.13. The van der Waals surface area contributed by atoms with Gasteiger partial charge in [-0.2, -0.15) is 0 Å². The molecule has 4 rings (SSSR count). The highest BCUT2D eigenvalue weighted by Gasteiger charge is 2.35. The van der Waals surface area contributed by atoms with Crippen molar-refractivity contribution in [1.29, 1.82) is 0 Å². The van der Waals surface area contributed by atoms with Crippen molar-refractivity contribution in [3.8, 4) is 11.5 Å². The molecule has 0 spiro atoms. The lowest BCUT2D eigenvalue weighted by molar-refractivity contribution is -0.149. The molecule has 0 amide bonds. The first-order valence-corrected chi connectivity index (χ1v) is 8.03. The quantitative estimate of drug-likeness (QED) is 0.864. The Kier molecular flexibility index (Phi) is 3.69. The summed E-state index contributed by atoms with van der Waals surface area (Å²) >= 11 is 0. The number of carbonyl (C=O) groups excluding carboxylic acids is 1. The van der Waals surface area contributed by atoms with Gasteiger partial charge in [0.1, 0.15) is 23.5 Å². The van der Waals surface area contributed by atoms with Crippen molar-refractivity contribution in [3.63, 3.8) is 0 Å². The highest BCUT2D eigenvalue weighted by atomic mass is 16.5. The zero-order chi connectivity index (χ0) is 16.5. The Hall–Kier alpha value is -2.82. The highest BCUT2D eigenvalue weighted by Crippen LogP contribution is 2.44. The SMILES string of the molecule is CC1=NCC(OC(=O)C2c3ccccc3Oc3ccccc32)CN1. The van der Waals surface area contributed by atoms with E-state index in [1.165, 1.54) is 0 Å². The van der Waals surface area contributed by atoms with E-state index in [1.54, 1.807) is 0 Å². The monoisotopic (exact) mass is 322 g/mol. The van der Waals surface area contributed by atoms with Crippen molar-refractivity contribution in [2.24, 2.45) is 4.99 Å². The van der Waals surface area contributed by atoms with E-state index in [1.807, 2.05) is 55.5 Å². The molecule has 5 heteroatoms. The van der Waals surface area contributed by atoms with E-state index in [4.69, 9.17) is 9.47 Å². The Morgan fingerprint density at radius 1 is 1.12 bits per heavy atom. The van der Waals surface area contributed by atoms with E-state index >= 15 is 0 Å². The first kappa shape index (κ1) is 14.8. The predicted molar refractivity (Wildman–Crippen MR) is 90.7 cm³/mol. The van der Waals surface area contributed by atoms with Crippen LogP contribution in [-0.2, 0) is 9.53 Å². The molecule has 0 aliphatic carbocycles. The lowest BCUT2D eigenvalue weighted by Gasteiger charge is -2.29. The van der Waals surface area contributed by atoms with Crippen LogP contribution in [0.1, 0.15) is 24.0 Å². The van der Waals surface area contributed by atoms with Gasteiger partial charge in [-0.3, -0.25) is 9.79 Å². The van der Waals surface area contributed by atoms with Crippen LogP contribution in [0.5, 0.6) is 11.5 Å². The molecule has 1 atom stereocenters. The number of ether oxygens (including phenoxy) is 2. The van der Waals surface area contributed by atoms with Crippen molar-refractivity contribution < 1.29 is 14.3 Å². The fourth-order valence-electron chi connectivity index (χ4n) is 3.10.